The van der Waals surface area contributed by atoms with E-state index in [9.17, 15) is 13.9 Å². The summed E-state index contributed by atoms with van der Waals surface area (Å²) >= 11 is 0. The van der Waals surface area contributed by atoms with Crippen molar-refractivity contribution in [3.63, 3.8) is 0 Å². The van der Waals surface area contributed by atoms with Crippen LogP contribution in [0.3, 0.4) is 0 Å². The van der Waals surface area contributed by atoms with E-state index in [2.05, 4.69) is 0 Å². The first-order chi connectivity index (χ1) is 8.22. The Kier molecular flexibility index (Phi) is 3.38. The second-order valence-electron chi connectivity index (χ2n) is 4.30. The highest BCUT2D eigenvalue weighted by Crippen LogP contribution is 2.41. The SMILES string of the molecule is OCC1(CF)CC=CC=C1c1cccc(F)c1. The van der Waals surface area contributed by atoms with Crippen LogP contribution in [0.5, 0.6) is 0 Å². The maximum absolute atomic E-state index is 13.2. The Morgan fingerprint density at radius 1 is 1.35 bits per heavy atom. The van der Waals surface area contributed by atoms with Gasteiger partial charge in [0.25, 0.3) is 0 Å². The summed E-state index contributed by atoms with van der Waals surface area (Å²) in [6, 6.07) is 6.03. The third-order valence-corrected chi connectivity index (χ3v) is 3.17. The lowest BCUT2D eigenvalue weighted by Crippen LogP contribution is -2.30. The zero-order valence-electron chi connectivity index (χ0n) is 9.37. The van der Waals surface area contributed by atoms with Crippen molar-refractivity contribution in [1.29, 1.82) is 0 Å². The molecule has 0 aromatic heterocycles. The quantitative estimate of drug-likeness (QED) is 0.855. The van der Waals surface area contributed by atoms with Crippen molar-refractivity contribution in [2.24, 2.45) is 5.41 Å². The maximum Gasteiger partial charge on any atom is 0.123 e. The lowest BCUT2D eigenvalue weighted by molar-refractivity contribution is 0.147. The third-order valence-electron chi connectivity index (χ3n) is 3.17. The van der Waals surface area contributed by atoms with Gasteiger partial charge >= 0.3 is 0 Å². The Morgan fingerprint density at radius 3 is 2.82 bits per heavy atom. The normalized spacial score (nSPS) is 23.6. The Balaban J connectivity index is 2.47. The van der Waals surface area contributed by atoms with Crippen molar-refractivity contribution in [3.8, 4) is 0 Å². The molecule has 1 aliphatic carbocycles. The first kappa shape index (κ1) is 12.0. The summed E-state index contributed by atoms with van der Waals surface area (Å²) in [5, 5.41) is 9.43. The van der Waals surface area contributed by atoms with Crippen LogP contribution < -0.4 is 0 Å². The van der Waals surface area contributed by atoms with E-state index < -0.39 is 12.1 Å². The lowest BCUT2D eigenvalue weighted by atomic mass is 9.73. The maximum atomic E-state index is 13.2. The highest BCUT2D eigenvalue weighted by atomic mass is 19.1. The summed E-state index contributed by atoms with van der Waals surface area (Å²) in [5.74, 6) is -0.358. The second-order valence-corrected chi connectivity index (χ2v) is 4.30. The fourth-order valence-corrected chi connectivity index (χ4v) is 2.12. The molecule has 2 rings (SSSR count). The number of halogens is 2. The molecule has 1 nitrogen and oxygen atoms in total. The van der Waals surface area contributed by atoms with Crippen LogP contribution in [-0.4, -0.2) is 18.4 Å². The van der Waals surface area contributed by atoms with Crippen molar-refractivity contribution in [1.82, 2.24) is 0 Å². The highest BCUT2D eigenvalue weighted by molar-refractivity contribution is 5.73. The smallest absolute Gasteiger partial charge is 0.123 e. The van der Waals surface area contributed by atoms with Gasteiger partial charge in [0.15, 0.2) is 0 Å². The molecule has 0 heterocycles. The van der Waals surface area contributed by atoms with Gasteiger partial charge in [0, 0.05) is 0 Å². The number of alkyl halides is 1. The monoisotopic (exact) mass is 236 g/mol. The van der Waals surface area contributed by atoms with Crippen molar-refractivity contribution < 1.29 is 13.9 Å². The van der Waals surface area contributed by atoms with Gasteiger partial charge in [-0.2, -0.15) is 0 Å². The van der Waals surface area contributed by atoms with Gasteiger partial charge in [-0.1, -0.05) is 30.4 Å². The first-order valence-electron chi connectivity index (χ1n) is 5.52. The van der Waals surface area contributed by atoms with Crippen LogP contribution in [-0.2, 0) is 0 Å². The fraction of sp³-hybridized carbons (Fsp3) is 0.286. The predicted molar refractivity (Wildman–Crippen MR) is 63.6 cm³/mol. The van der Waals surface area contributed by atoms with Crippen LogP contribution in [0.2, 0.25) is 0 Å². The average molecular weight is 236 g/mol. The molecule has 0 bridgehead atoms. The van der Waals surface area contributed by atoms with Gasteiger partial charge in [-0.25, -0.2) is 4.39 Å². The van der Waals surface area contributed by atoms with E-state index in [-0.39, 0.29) is 12.4 Å². The molecule has 90 valence electrons. The minimum Gasteiger partial charge on any atom is -0.395 e. The highest BCUT2D eigenvalue weighted by Gasteiger charge is 2.35. The van der Waals surface area contributed by atoms with Gasteiger partial charge in [0.05, 0.1) is 12.0 Å². The standard InChI is InChI=1S/C14H14F2O/c15-9-14(10-17)7-2-1-6-13(14)11-4-3-5-12(16)8-11/h1-6,8,17H,7,9-10H2. The van der Waals surface area contributed by atoms with E-state index in [1.54, 1.807) is 18.2 Å². The van der Waals surface area contributed by atoms with E-state index in [1.807, 2.05) is 12.2 Å². The summed E-state index contributed by atoms with van der Waals surface area (Å²) < 4.78 is 26.4. The molecule has 1 aromatic rings. The summed E-state index contributed by atoms with van der Waals surface area (Å²) in [5.41, 5.74) is 0.355. The number of aliphatic hydroxyl groups excluding tert-OH is 1. The minimum absolute atomic E-state index is 0.282. The Labute approximate surface area is 99.1 Å². The number of aliphatic hydroxyl groups is 1. The van der Waals surface area contributed by atoms with Crippen molar-refractivity contribution in [2.75, 3.05) is 13.3 Å². The molecule has 1 atom stereocenters. The summed E-state index contributed by atoms with van der Waals surface area (Å²) in [7, 11) is 0. The Morgan fingerprint density at radius 2 is 2.18 bits per heavy atom. The molecule has 1 unspecified atom stereocenters. The fourth-order valence-electron chi connectivity index (χ4n) is 2.12. The largest absolute Gasteiger partial charge is 0.395 e. The minimum atomic E-state index is -0.928. The molecule has 0 saturated carbocycles. The number of benzene rings is 1. The zero-order valence-corrected chi connectivity index (χ0v) is 9.37. The molecule has 17 heavy (non-hydrogen) atoms. The third kappa shape index (κ3) is 2.15. The predicted octanol–water partition coefficient (Wildman–Crippen LogP) is 3.12. The summed E-state index contributed by atoms with van der Waals surface area (Å²) in [6.07, 6.45) is 5.80. The Hall–Kier alpha value is -1.48. The summed E-state index contributed by atoms with van der Waals surface area (Å²) in [6.45, 7) is -0.938. The number of hydrogen-bond acceptors (Lipinski definition) is 1. The van der Waals surface area contributed by atoms with Gasteiger partial charge in [0.1, 0.15) is 12.5 Å². The van der Waals surface area contributed by atoms with E-state index >= 15 is 0 Å². The zero-order chi connectivity index (χ0) is 12.3. The van der Waals surface area contributed by atoms with Gasteiger partial charge in [-0.15, -0.1) is 0 Å². The molecule has 0 amide bonds. The molecular weight excluding hydrogens is 222 g/mol. The molecule has 3 heteroatoms. The van der Waals surface area contributed by atoms with Gasteiger partial charge in [-0.05, 0) is 29.7 Å². The molecule has 1 aromatic carbocycles. The van der Waals surface area contributed by atoms with Crippen molar-refractivity contribution in [2.45, 2.75) is 6.42 Å². The van der Waals surface area contributed by atoms with Crippen LogP contribution in [0.15, 0.2) is 42.5 Å². The molecule has 0 fully saturated rings. The topological polar surface area (TPSA) is 20.2 Å². The number of allylic oxidation sites excluding steroid dienone is 3. The van der Waals surface area contributed by atoms with Crippen molar-refractivity contribution in [3.05, 3.63) is 53.9 Å². The van der Waals surface area contributed by atoms with Crippen LogP contribution in [0.4, 0.5) is 8.78 Å². The number of rotatable bonds is 3. The molecule has 1 aliphatic rings. The van der Waals surface area contributed by atoms with Crippen LogP contribution in [0.25, 0.3) is 5.57 Å². The first-order valence-corrected chi connectivity index (χ1v) is 5.52. The van der Waals surface area contributed by atoms with Gasteiger partial charge < -0.3 is 5.11 Å². The average Bonchev–Trinajstić information content (AvgIpc) is 2.38. The van der Waals surface area contributed by atoms with Crippen LogP contribution >= 0.6 is 0 Å². The molecule has 0 spiro atoms. The molecule has 0 saturated heterocycles. The lowest BCUT2D eigenvalue weighted by Gasteiger charge is -2.33. The van der Waals surface area contributed by atoms with E-state index in [0.29, 0.717) is 17.6 Å². The number of hydrogen-bond donors (Lipinski definition) is 1. The molecular formula is C14H14F2O. The molecule has 0 radical (unpaired) electrons. The van der Waals surface area contributed by atoms with Crippen LogP contribution in [0.1, 0.15) is 12.0 Å². The van der Waals surface area contributed by atoms with E-state index in [1.165, 1.54) is 12.1 Å². The van der Waals surface area contributed by atoms with Gasteiger partial charge in [0.2, 0.25) is 0 Å². The van der Waals surface area contributed by atoms with Crippen LogP contribution in [0, 0.1) is 11.2 Å². The molecule has 1 N–H and O–H groups in total. The second kappa shape index (κ2) is 4.80. The van der Waals surface area contributed by atoms with Crippen molar-refractivity contribution >= 4 is 5.57 Å². The summed E-state index contributed by atoms with van der Waals surface area (Å²) in [4.78, 5) is 0. The van der Waals surface area contributed by atoms with E-state index in [0.717, 1.165) is 0 Å². The van der Waals surface area contributed by atoms with E-state index in [4.69, 9.17) is 0 Å². The molecule has 0 aliphatic heterocycles. The Bertz CT molecular complexity index is 459. The van der Waals surface area contributed by atoms with Gasteiger partial charge in [-0.3, -0.25) is 4.39 Å².